The van der Waals surface area contributed by atoms with E-state index < -0.39 is 0 Å². The lowest BCUT2D eigenvalue weighted by Gasteiger charge is -2.04. The molecule has 0 aliphatic heterocycles. The van der Waals surface area contributed by atoms with Crippen LogP contribution in [0.4, 0.5) is 0 Å². The summed E-state index contributed by atoms with van der Waals surface area (Å²) in [4.78, 5) is 4.61. The average Bonchev–Trinajstić information content (AvgIpc) is 3.01. The summed E-state index contributed by atoms with van der Waals surface area (Å²) in [6.07, 6.45) is 4.00. The first-order chi connectivity index (χ1) is 9.36. The van der Waals surface area contributed by atoms with Gasteiger partial charge in [-0.15, -0.1) is 0 Å². The lowest BCUT2D eigenvalue weighted by Crippen LogP contribution is -1.97. The smallest absolute Gasteiger partial charge is 0.163 e. The SMILES string of the molecule is N#Cc1ccc2c(c1)nc(-c1cn[nH]n1)n2C1CC1. The van der Waals surface area contributed by atoms with Gasteiger partial charge in [0.15, 0.2) is 5.82 Å². The van der Waals surface area contributed by atoms with Crippen molar-refractivity contribution in [3.05, 3.63) is 30.0 Å². The predicted molar refractivity (Wildman–Crippen MR) is 68.1 cm³/mol. The van der Waals surface area contributed by atoms with Crippen molar-refractivity contribution in [2.75, 3.05) is 0 Å². The number of nitrogens with zero attached hydrogens (tertiary/aromatic N) is 5. The lowest BCUT2D eigenvalue weighted by atomic mass is 10.2. The highest BCUT2D eigenvalue weighted by Crippen LogP contribution is 2.40. The molecule has 0 unspecified atom stereocenters. The summed E-state index contributed by atoms with van der Waals surface area (Å²) in [6, 6.07) is 8.24. The number of H-pyrrole nitrogens is 1. The summed E-state index contributed by atoms with van der Waals surface area (Å²) >= 11 is 0. The number of benzene rings is 1. The molecule has 1 saturated carbocycles. The average molecular weight is 250 g/mol. The first kappa shape index (κ1) is 10.3. The molecule has 6 heteroatoms. The normalized spacial score (nSPS) is 14.7. The van der Waals surface area contributed by atoms with Crippen molar-refractivity contribution in [2.24, 2.45) is 0 Å². The number of aromatic amines is 1. The molecule has 0 bridgehead atoms. The van der Waals surface area contributed by atoms with Crippen molar-refractivity contribution < 1.29 is 0 Å². The summed E-state index contributed by atoms with van der Waals surface area (Å²) in [5.41, 5.74) is 3.25. The van der Waals surface area contributed by atoms with Crippen LogP contribution in [0.2, 0.25) is 0 Å². The summed E-state index contributed by atoms with van der Waals surface area (Å²) in [5.74, 6) is 0.821. The molecule has 1 fully saturated rings. The van der Waals surface area contributed by atoms with E-state index >= 15 is 0 Å². The first-order valence-corrected chi connectivity index (χ1v) is 6.15. The highest BCUT2D eigenvalue weighted by Gasteiger charge is 2.29. The lowest BCUT2D eigenvalue weighted by molar-refractivity contribution is 0.771. The van der Waals surface area contributed by atoms with Crippen LogP contribution < -0.4 is 0 Å². The molecule has 1 N–H and O–H groups in total. The molecule has 0 spiro atoms. The van der Waals surface area contributed by atoms with Crippen molar-refractivity contribution in [1.29, 1.82) is 5.26 Å². The third-order valence-electron chi connectivity index (χ3n) is 3.37. The number of nitrogens with one attached hydrogen (secondary N) is 1. The highest BCUT2D eigenvalue weighted by molar-refractivity contribution is 5.81. The van der Waals surface area contributed by atoms with E-state index in [1.54, 1.807) is 6.20 Å². The van der Waals surface area contributed by atoms with Gasteiger partial charge in [-0.2, -0.15) is 20.7 Å². The summed E-state index contributed by atoms with van der Waals surface area (Å²) < 4.78 is 2.20. The Balaban J connectivity index is 2.02. The van der Waals surface area contributed by atoms with Gasteiger partial charge < -0.3 is 4.57 Å². The van der Waals surface area contributed by atoms with Gasteiger partial charge in [0.25, 0.3) is 0 Å². The van der Waals surface area contributed by atoms with Crippen molar-refractivity contribution >= 4 is 11.0 Å². The molecule has 0 radical (unpaired) electrons. The topological polar surface area (TPSA) is 83.2 Å². The van der Waals surface area contributed by atoms with E-state index in [2.05, 4.69) is 31.0 Å². The molecule has 92 valence electrons. The molecule has 4 rings (SSSR count). The largest absolute Gasteiger partial charge is 0.319 e. The van der Waals surface area contributed by atoms with Gasteiger partial charge >= 0.3 is 0 Å². The number of nitriles is 1. The van der Waals surface area contributed by atoms with Gasteiger partial charge in [-0.1, -0.05) is 0 Å². The van der Waals surface area contributed by atoms with E-state index in [-0.39, 0.29) is 0 Å². The van der Waals surface area contributed by atoms with E-state index in [9.17, 15) is 0 Å². The van der Waals surface area contributed by atoms with Gasteiger partial charge in [-0.3, -0.25) is 0 Å². The van der Waals surface area contributed by atoms with Gasteiger partial charge in [-0.25, -0.2) is 4.98 Å². The Bertz CT molecular complexity index is 789. The van der Waals surface area contributed by atoms with E-state index in [1.165, 1.54) is 0 Å². The monoisotopic (exact) mass is 250 g/mol. The Labute approximate surface area is 108 Å². The second-order valence-electron chi connectivity index (χ2n) is 4.71. The van der Waals surface area contributed by atoms with Crippen LogP contribution in [0, 0.1) is 11.3 Å². The van der Waals surface area contributed by atoms with E-state index in [4.69, 9.17) is 5.26 Å². The molecule has 2 aromatic heterocycles. The van der Waals surface area contributed by atoms with Crippen molar-refractivity contribution in [3.8, 4) is 17.6 Å². The first-order valence-electron chi connectivity index (χ1n) is 6.15. The van der Waals surface area contributed by atoms with E-state index in [0.29, 0.717) is 11.6 Å². The molecule has 1 aromatic carbocycles. The number of hydrogen-bond acceptors (Lipinski definition) is 4. The quantitative estimate of drug-likeness (QED) is 0.754. The van der Waals surface area contributed by atoms with E-state index in [1.807, 2.05) is 18.2 Å². The molecule has 1 aliphatic rings. The molecular formula is C13H10N6. The summed E-state index contributed by atoms with van der Waals surface area (Å²) in [7, 11) is 0. The van der Waals surface area contributed by atoms with Crippen LogP contribution in [-0.4, -0.2) is 25.0 Å². The zero-order valence-corrected chi connectivity index (χ0v) is 10.0. The van der Waals surface area contributed by atoms with Crippen molar-refractivity contribution in [3.63, 3.8) is 0 Å². The van der Waals surface area contributed by atoms with Crippen LogP contribution in [0.3, 0.4) is 0 Å². The van der Waals surface area contributed by atoms with E-state index in [0.717, 1.165) is 35.4 Å². The van der Waals surface area contributed by atoms with Crippen LogP contribution in [0.5, 0.6) is 0 Å². The number of imidazole rings is 1. The third kappa shape index (κ3) is 1.52. The minimum atomic E-state index is 0.490. The number of rotatable bonds is 2. The van der Waals surface area contributed by atoms with Gasteiger partial charge in [0, 0.05) is 6.04 Å². The molecule has 1 aliphatic carbocycles. The fraction of sp³-hybridized carbons (Fsp3) is 0.231. The zero-order valence-electron chi connectivity index (χ0n) is 10.0. The maximum atomic E-state index is 8.97. The molecule has 0 atom stereocenters. The van der Waals surface area contributed by atoms with Gasteiger partial charge in [-0.05, 0) is 31.0 Å². The highest BCUT2D eigenvalue weighted by atomic mass is 15.3. The molecular weight excluding hydrogens is 240 g/mol. The second-order valence-corrected chi connectivity index (χ2v) is 4.71. The Kier molecular flexibility index (Phi) is 1.97. The van der Waals surface area contributed by atoms with Crippen LogP contribution >= 0.6 is 0 Å². The zero-order chi connectivity index (χ0) is 12.8. The van der Waals surface area contributed by atoms with Gasteiger partial charge in [0.05, 0.1) is 28.9 Å². The van der Waals surface area contributed by atoms with Gasteiger partial charge in [0.2, 0.25) is 0 Å². The molecule has 0 amide bonds. The van der Waals surface area contributed by atoms with Crippen molar-refractivity contribution in [2.45, 2.75) is 18.9 Å². The number of hydrogen-bond donors (Lipinski definition) is 1. The van der Waals surface area contributed by atoms with Crippen LogP contribution in [-0.2, 0) is 0 Å². The molecule has 19 heavy (non-hydrogen) atoms. The Morgan fingerprint density at radius 1 is 1.37 bits per heavy atom. The fourth-order valence-electron chi connectivity index (χ4n) is 2.36. The minimum Gasteiger partial charge on any atom is -0.319 e. The number of fused-ring (bicyclic) bond motifs is 1. The Morgan fingerprint density at radius 2 is 2.26 bits per heavy atom. The molecule has 0 saturated heterocycles. The molecule has 3 aromatic rings. The molecule has 2 heterocycles. The van der Waals surface area contributed by atoms with Crippen LogP contribution in [0.15, 0.2) is 24.4 Å². The maximum absolute atomic E-state index is 8.97. The summed E-state index contributed by atoms with van der Waals surface area (Å²) in [5, 5.41) is 19.5. The van der Waals surface area contributed by atoms with Crippen LogP contribution in [0.25, 0.3) is 22.6 Å². The number of aromatic nitrogens is 5. The minimum absolute atomic E-state index is 0.490. The van der Waals surface area contributed by atoms with Gasteiger partial charge in [0.1, 0.15) is 5.69 Å². The third-order valence-corrected chi connectivity index (χ3v) is 3.37. The molecule has 6 nitrogen and oxygen atoms in total. The standard InChI is InChI=1S/C13H10N6/c14-6-8-1-4-12-10(5-8)16-13(11-7-15-18-17-11)19(12)9-2-3-9/h1,4-5,7,9H,2-3H2,(H,15,17,18). The fourth-order valence-corrected chi connectivity index (χ4v) is 2.36. The van der Waals surface area contributed by atoms with Crippen LogP contribution in [0.1, 0.15) is 24.4 Å². The predicted octanol–water partition coefficient (Wildman–Crippen LogP) is 2.03. The summed E-state index contributed by atoms with van der Waals surface area (Å²) in [6.45, 7) is 0. The second kappa shape index (κ2) is 3.65. The Hall–Kier alpha value is -2.68. The Morgan fingerprint density at radius 3 is 2.95 bits per heavy atom. The van der Waals surface area contributed by atoms with Crippen molar-refractivity contribution in [1.82, 2.24) is 25.0 Å². The maximum Gasteiger partial charge on any atom is 0.163 e.